The van der Waals surface area contributed by atoms with Crippen LogP contribution in [-0.4, -0.2) is 33.7 Å². The number of fused-ring (bicyclic) bond motifs is 1. The minimum absolute atomic E-state index is 0.114. The van der Waals surface area contributed by atoms with Gasteiger partial charge in [-0.2, -0.15) is 0 Å². The van der Waals surface area contributed by atoms with Gasteiger partial charge in [0.2, 0.25) is 0 Å². The summed E-state index contributed by atoms with van der Waals surface area (Å²) in [6.45, 7) is 6.38. The highest BCUT2D eigenvalue weighted by Gasteiger charge is 2.29. The summed E-state index contributed by atoms with van der Waals surface area (Å²) in [5.74, 6) is 0. The second-order valence-corrected chi connectivity index (χ2v) is 7.38. The van der Waals surface area contributed by atoms with Crippen molar-refractivity contribution in [3.63, 3.8) is 0 Å². The quantitative estimate of drug-likeness (QED) is 0.805. The molecule has 0 saturated heterocycles. The number of nitrogens with zero attached hydrogens (tertiary/aromatic N) is 1. The van der Waals surface area contributed by atoms with Crippen molar-refractivity contribution in [1.82, 2.24) is 20.6 Å². The molecule has 1 fully saturated rings. The molecule has 3 N–H and O–H groups in total. The average Bonchev–Trinajstić information content (AvgIpc) is 3.10. The number of hydrogen-bond acceptors (Lipinski definition) is 4. The van der Waals surface area contributed by atoms with E-state index in [-0.39, 0.29) is 18.2 Å². The van der Waals surface area contributed by atoms with E-state index in [0.29, 0.717) is 0 Å². The molecule has 1 saturated carbocycles. The lowest BCUT2D eigenvalue weighted by Crippen LogP contribution is -2.47. The van der Waals surface area contributed by atoms with Crippen LogP contribution in [0, 0.1) is 0 Å². The fourth-order valence-electron chi connectivity index (χ4n) is 3.24. The van der Waals surface area contributed by atoms with Crippen LogP contribution in [0.4, 0.5) is 4.79 Å². The molecule has 0 bridgehead atoms. The van der Waals surface area contributed by atoms with Crippen LogP contribution in [0.5, 0.6) is 0 Å². The molecular weight excluding hydrogens is 304 g/mol. The van der Waals surface area contributed by atoms with Crippen molar-refractivity contribution in [2.45, 2.75) is 64.3 Å². The van der Waals surface area contributed by atoms with Gasteiger partial charge in [-0.3, -0.25) is 0 Å². The summed E-state index contributed by atoms with van der Waals surface area (Å²) < 4.78 is 5.36. The first-order valence-corrected chi connectivity index (χ1v) is 8.56. The fraction of sp³-hybridized carbons (Fsp3) is 0.556. The third kappa shape index (κ3) is 4.06. The zero-order chi connectivity index (χ0) is 17.2. The van der Waals surface area contributed by atoms with Crippen molar-refractivity contribution < 1.29 is 9.53 Å². The van der Waals surface area contributed by atoms with Crippen LogP contribution in [0.3, 0.4) is 0 Å². The van der Waals surface area contributed by atoms with Gasteiger partial charge in [0.05, 0.1) is 0 Å². The first kappa shape index (κ1) is 16.8. The van der Waals surface area contributed by atoms with Crippen LogP contribution in [0.1, 0.15) is 45.6 Å². The second kappa shape index (κ2) is 6.81. The molecule has 6 nitrogen and oxygen atoms in total. The average molecular weight is 330 g/mol. The molecular formula is C18H26N4O2. The molecule has 2 unspecified atom stereocenters. The first-order chi connectivity index (χ1) is 11.4. The molecule has 6 heteroatoms. The molecule has 130 valence electrons. The van der Waals surface area contributed by atoms with Gasteiger partial charge < -0.3 is 20.4 Å². The Balaban J connectivity index is 1.57. The number of alkyl carbamates (subject to hydrolysis) is 1. The first-order valence-electron chi connectivity index (χ1n) is 8.56. The summed E-state index contributed by atoms with van der Waals surface area (Å²) in [7, 11) is 0. The molecule has 0 aliphatic heterocycles. The highest BCUT2D eigenvalue weighted by atomic mass is 16.6. The molecule has 2 aromatic heterocycles. The van der Waals surface area contributed by atoms with E-state index >= 15 is 0 Å². The van der Waals surface area contributed by atoms with E-state index in [4.69, 9.17) is 4.74 Å². The Morgan fingerprint density at radius 2 is 2.17 bits per heavy atom. The number of H-pyrrole nitrogens is 1. The third-order valence-corrected chi connectivity index (χ3v) is 4.31. The SMILES string of the molecule is CC(C)(C)OC(=O)NC1CCCC1NCc1c[nH]c2ncccc12. The molecule has 1 aliphatic rings. The predicted octanol–water partition coefficient (Wildman–Crippen LogP) is 3.10. The highest BCUT2D eigenvalue weighted by Crippen LogP contribution is 2.22. The molecule has 24 heavy (non-hydrogen) atoms. The van der Waals surface area contributed by atoms with Crippen molar-refractivity contribution >= 4 is 17.1 Å². The molecule has 1 amide bonds. The normalized spacial score (nSPS) is 21.1. The molecule has 0 aromatic carbocycles. The van der Waals surface area contributed by atoms with Crippen molar-refractivity contribution in [1.29, 1.82) is 0 Å². The number of rotatable bonds is 4. The Morgan fingerprint density at radius 3 is 2.96 bits per heavy atom. The van der Waals surface area contributed by atoms with Crippen LogP contribution >= 0.6 is 0 Å². The van der Waals surface area contributed by atoms with Gasteiger partial charge in [-0.25, -0.2) is 9.78 Å². The number of nitrogens with one attached hydrogen (secondary N) is 3. The van der Waals surface area contributed by atoms with Crippen LogP contribution in [0.25, 0.3) is 11.0 Å². The number of carbonyl (C=O) groups is 1. The Kier molecular flexibility index (Phi) is 4.76. The van der Waals surface area contributed by atoms with Crippen molar-refractivity contribution in [3.8, 4) is 0 Å². The standard InChI is InChI=1S/C18H26N4O2/c1-18(2,3)24-17(23)22-15-8-4-7-14(15)20-10-12-11-21-16-13(12)6-5-9-19-16/h5-6,9,11,14-15,20H,4,7-8,10H2,1-3H3,(H,19,21)(H,22,23). The van der Waals surface area contributed by atoms with Crippen LogP contribution < -0.4 is 10.6 Å². The van der Waals surface area contributed by atoms with Crippen LogP contribution in [-0.2, 0) is 11.3 Å². The molecule has 3 rings (SSSR count). The second-order valence-electron chi connectivity index (χ2n) is 7.38. The molecule has 2 atom stereocenters. The van der Waals surface area contributed by atoms with E-state index in [0.717, 1.165) is 36.8 Å². The van der Waals surface area contributed by atoms with Gasteiger partial charge in [-0.15, -0.1) is 0 Å². The van der Waals surface area contributed by atoms with Crippen LogP contribution in [0.2, 0.25) is 0 Å². The lowest BCUT2D eigenvalue weighted by molar-refractivity contribution is 0.0498. The van der Waals surface area contributed by atoms with E-state index in [1.54, 1.807) is 6.20 Å². The zero-order valence-corrected chi connectivity index (χ0v) is 14.6. The van der Waals surface area contributed by atoms with Gasteiger partial charge in [0.1, 0.15) is 11.2 Å². The lowest BCUT2D eigenvalue weighted by atomic mass is 10.1. The monoisotopic (exact) mass is 330 g/mol. The van der Waals surface area contributed by atoms with Gasteiger partial charge in [-0.1, -0.05) is 0 Å². The van der Waals surface area contributed by atoms with Crippen molar-refractivity contribution in [3.05, 3.63) is 30.1 Å². The Bertz CT molecular complexity index is 704. The van der Waals surface area contributed by atoms with E-state index in [1.165, 1.54) is 5.56 Å². The summed E-state index contributed by atoms with van der Waals surface area (Å²) in [6, 6.07) is 4.39. The zero-order valence-electron chi connectivity index (χ0n) is 14.6. The topological polar surface area (TPSA) is 79.0 Å². The van der Waals surface area contributed by atoms with Gasteiger partial charge in [-0.05, 0) is 57.7 Å². The number of aromatic amines is 1. The number of ether oxygens (including phenoxy) is 1. The summed E-state index contributed by atoms with van der Waals surface area (Å²) in [4.78, 5) is 19.5. The van der Waals surface area contributed by atoms with Gasteiger partial charge in [0.15, 0.2) is 0 Å². The lowest BCUT2D eigenvalue weighted by Gasteiger charge is -2.25. The number of aromatic nitrogens is 2. The third-order valence-electron chi connectivity index (χ3n) is 4.31. The molecule has 2 heterocycles. The summed E-state index contributed by atoms with van der Waals surface area (Å²) in [5.41, 5.74) is 1.63. The summed E-state index contributed by atoms with van der Waals surface area (Å²) >= 11 is 0. The number of pyridine rings is 1. The Morgan fingerprint density at radius 1 is 1.38 bits per heavy atom. The Hall–Kier alpha value is -2.08. The fourth-order valence-corrected chi connectivity index (χ4v) is 3.24. The van der Waals surface area contributed by atoms with Gasteiger partial charge in [0.25, 0.3) is 0 Å². The van der Waals surface area contributed by atoms with Gasteiger partial charge >= 0.3 is 6.09 Å². The van der Waals surface area contributed by atoms with E-state index in [2.05, 4.69) is 26.7 Å². The molecule has 1 aliphatic carbocycles. The predicted molar refractivity (Wildman–Crippen MR) is 93.7 cm³/mol. The highest BCUT2D eigenvalue weighted by molar-refractivity contribution is 5.79. The van der Waals surface area contributed by atoms with Crippen molar-refractivity contribution in [2.75, 3.05) is 0 Å². The largest absolute Gasteiger partial charge is 0.444 e. The number of amides is 1. The minimum Gasteiger partial charge on any atom is -0.444 e. The van der Waals surface area contributed by atoms with Crippen molar-refractivity contribution in [2.24, 2.45) is 0 Å². The van der Waals surface area contributed by atoms with E-state index in [1.807, 2.05) is 33.0 Å². The molecule has 0 spiro atoms. The molecule has 2 aromatic rings. The number of hydrogen-bond donors (Lipinski definition) is 3. The maximum absolute atomic E-state index is 12.0. The number of carbonyl (C=O) groups excluding carboxylic acids is 1. The minimum atomic E-state index is -0.470. The van der Waals surface area contributed by atoms with E-state index in [9.17, 15) is 4.79 Å². The maximum Gasteiger partial charge on any atom is 0.407 e. The smallest absolute Gasteiger partial charge is 0.407 e. The Labute approximate surface area is 142 Å². The van der Waals surface area contributed by atoms with Gasteiger partial charge in [0, 0.05) is 36.4 Å². The maximum atomic E-state index is 12.0. The molecule has 0 radical (unpaired) electrons. The van der Waals surface area contributed by atoms with Crippen LogP contribution in [0.15, 0.2) is 24.5 Å². The summed E-state index contributed by atoms with van der Waals surface area (Å²) in [6.07, 6.45) is 6.59. The summed E-state index contributed by atoms with van der Waals surface area (Å²) in [5, 5.41) is 7.72. The van der Waals surface area contributed by atoms with E-state index < -0.39 is 5.60 Å².